The number of pyridine rings is 1. The number of fused-ring (bicyclic) bond motifs is 1. The predicted octanol–water partition coefficient (Wildman–Crippen LogP) is 6.38. The lowest BCUT2D eigenvalue weighted by Gasteiger charge is -2.41. The number of nitrogens with one attached hydrogen (secondary N) is 1. The Labute approximate surface area is 260 Å². The number of piperidine rings is 1. The van der Waals surface area contributed by atoms with Crippen LogP contribution in [0.25, 0.3) is 10.9 Å². The number of carbonyl (C=O) groups is 3. The minimum atomic E-state index is -0.592. The molecule has 0 radical (unpaired) electrons. The number of rotatable bonds is 9. The Morgan fingerprint density at radius 1 is 1.14 bits per heavy atom. The molecule has 1 N–H and O–H groups in total. The van der Waals surface area contributed by atoms with E-state index in [1.807, 2.05) is 39.5 Å². The van der Waals surface area contributed by atoms with Crippen LogP contribution >= 0.6 is 11.8 Å². The third kappa shape index (κ3) is 7.94. The Kier molecular flexibility index (Phi) is 10.8. The second-order valence-electron chi connectivity index (χ2n) is 12.9. The van der Waals surface area contributed by atoms with Gasteiger partial charge in [0.25, 0.3) is 5.91 Å². The smallest absolute Gasteiger partial charge is 0.410 e. The summed E-state index contributed by atoms with van der Waals surface area (Å²) in [5.41, 5.74) is 1.74. The van der Waals surface area contributed by atoms with Gasteiger partial charge in [0, 0.05) is 43.7 Å². The largest absolute Gasteiger partial charge is 0.493 e. The Morgan fingerprint density at radius 3 is 2.49 bits per heavy atom. The van der Waals surface area contributed by atoms with Crippen molar-refractivity contribution in [2.24, 2.45) is 0 Å². The monoisotopic (exact) mass is 612 g/mol. The second kappa shape index (κ2) is 14.2. The van der Waals surface area contributed by atoms with Gasteiger partial charge in [-0.05, 0) is 71.8 Å². The van der Waals surface area contributed by atoms with Gasteiger partial charge in [0.2, 0.25) is 5.91 Å². The molecule has 1 saturated carbocycles. The molecule has 0 bridgehead atoms. The summed E-state index contributed by atoms with van der Waals surface area (Å²) in [6.07, 6.45) is 5.82. The maximum absolute atomic E-state index is 14.6. The highest BCUT2D eigenvalue weighted by Gasteiger charge is 2.37. The lowest BCUT2D eigenvalue weighted by atomic mass is 9.94. The van der Waals surface area contributed by atoms with Crippen molar-refractivity contribution >= 4 is 40.6 Å². The molecule has 1 atom stereocenters. The van der Waals surface area contributed by atoms with E-state index in [2.05, 4.69) is 23.5 Å². The van der Waals surface area contributed by atoms with Crippen LogP contribution in [-0.4, -0.2) is 82.9 Å². The molecule has 1 aromatic carbocycles. The molecule has 43 heavy (non-hydrogen) atoms. The number of para-hydroxylation sites is 1. The average molecular weight is 613 g/mol. The zero-order valence-electron chi connectivity index (χ0n) is 26.8. The van der Waals surface area contributed by atoms with Crippen molar-refractivity contribution in [3.63, 3.8) is 0 Å². The molecule has 236 valence electrons. The highest BCUT2D eigenvalue weighted by molar-refractivity contribution is 7.99. The van der Waals surface area contributed by atoms with Gasteiger partial charge in [0.1, 0.15) is 5.60 Å². The average Bonchev–Trinajstić information content (AvgIpc) is 3.48. The third-order valence-corrected chi connectivity index (χ3v) is 9.22. The molecule has 9 nitrogen and oxygen atoms in total. The van der Waals surface area contributed by atoms with Crippen molar-refractivity contribution in [3.05, 3.63) is 29.5 Å². The number of nitrogens with zero attached hydrogens (tertiary/aromatic N) is 3. The summed E-state index contributed by atoms with van der Waals surface area (Å²) >= 11 is 1.57. The number of methoxy groups -OCH3 is 1. The molecule has 0 spiro atoms. The van der Waals surface area contributed by atoms with Crippen molar-refractivity contribution < 1.29 is 23.9 Å². The summed E-state index contributed by atoms with van der Waals surface area (Å²) in [6.45, 7) is 12.6. The van der Waals surface area contributed by atoms with E-state index >= 15 is 0 Å². The van der Waals surface area contributed by atoms with Crippen LogP contribution in [0.15, 0.2) is 23.1 Å². The lowest BCUT2D eigenvalue weighted by molar-refractivity contribution is -0.118. The van der Waals surface area contributed by atoms with Crippen molar-refractivity contribution in [1.29, 1.82) is 0 Å². The number of hydrogen-bond donors (Lipinski definition) is 1. The van der Waals surface area contributed by atoms with Gasteiger partial charge < -0.3 is 24.6 Å². The zero-order chi connectivity index (χ0) is 31.3. The first-order chi connectivity index (χ1) is 20.4. The molecule has 1 aliphatic heterocycles. The molecule has 1 aromatic heterocycles. The molecule has 1 aliphatic carbocycles. The number of ether oxygens (including phenoxy) is 2. The van der Waals surface area contributed by atoms with E-state index in [1.54, 1.807) is 23.8 Å². The normalized spacial score (nSPS) is 17.8. The predicted molar refractivity (Wildman–Crippen MR) is 171 cm³/mol. The molecule has 2 fully saturated rings. The van der Waals surface area contributed by atoms with Crippen LogP contribution < -0.4 is 10.1 Å². The van der Waals surface area contributed by atoms with Crippen molar-refractivity contribution in [2.75, 3.05) is 32.5 Å². The number of carbonyl (C=O) groups excluding carboxylic acids is 3. The molecule has 3 amide bonds. The first-order valence-corrected chi connectivity index (χ1v) is 16.6. The number of hydrogen-bond acceptors (Lipinski definition) is 7. The first-order valence-electron chi connectivity index (χ1n) is 15.6. The first kappa shape index (κ1) is 32.9. The third-order valence-electron chi connectivity index (χ3n) is 8.11. The van der Waals surface area contributed by atoms with E-state index in [9.17, 15) is 14.4 Å². The van der Waals surface area contributed by atoms with Gasteiger partial charge in [0.15, 0.2) is 11.4 Å². The van der Waals surface area contributed by atoms with Gasteiger partial charge in [-0.25, -0.2) is 9.78 Å². The van der Waals surface area contributed by atoms with E-state index in [0.29, 0.717) is 42.7 Å². The molecule has 2 heterocycles. The van der Waals surface area contributed by atoms with Crippen LogP contribution in [0.4, 0.5) is 4.79 Å². The zero-order valence-corrected chi connectivity index (χ0v) is 27.6. The molecular formula is C33H48N4O5S. The molecule has 1 saturated heterocycles. The number of aromatic nitrogens is 1. The van der Waals surface area contributed by atoms with Gasteiger partial charge in [-0.3, -0.25) is 9.59 Å². The van der Waals surface area contributed by atoms with E-state index < -0.39 is 5.60 Å². The molecule has 0 unspecified atom stereocenters. The van der Waals surface area contributed by atoms with E-state index in [4.69, 9.17) is 14.5 Å². The number of thioether (sulfide) groups is 1. The number of benzene rings is 1. The quantitative estimate of drug-likeness (QED) is 0.259. The van der Waals surface area contributed by atoms with Crippen LogP contribution in [-0.2, 0) is 9.53 Å². The standard InChI is InChI=1S/C33H48N4O5S/c1-21(2)37(24-14-11-18-36(20-24)32(40)42-33(4,5)6)31(39)28-29(41-7)30(43-19-17-34-22(3)38)26-16-10-15-25(27(26)35-28)23-12-8-9-13-23/h10,15-16,21,23-24H,8-9,11-14,17-20H2,1-7H3,(H,34,38)/t24-/m1/s1. The van der Waals surface area contributed by atoms with Crippen LogP contribution in [0.5, 0.6) is 5.75 Å². The summed E-state index contributed by atoms with van der Waals surface area (Å²) in [4.78, 5) is 48.6. The van der Waals surface area contributed by atoms with E-state index in [1.165, 1.54) is 25.3 Å². The minimum absolute atomic E-state index is 0.0768. The Bertz CT molecular complexity index is 1320. The van der Waals surface area contributed by atoms with Gasteiger partial charge >= 0.3 is 6.09 Å². The summed E-state index contributed by atoms with van der Waals surface area (Å²) in [6, 6.07) is 5.97. The minimum Gasteiger partial charge on any atom is -0.493 e. The summed E-state index contributed by atoms with van der Waals surface area (Å²) in [7, 11) is 1.59. The second-order valence-corrected chi connectivity index (χ2v) is 14.0. The lowest BCUT2D eigenvalue weighted by Crippen LogP contribution is -2.54. The summed E-state index contributed by atoms with van der Waals surface area (Å²) < 4.78 is 11.6. The number of amides is 3. The highest BCUT2D eigenvalue weighted by atomic mass is 32.2. The maximum Gasteiger partial charge on any atom is 0.410 e. The van der Waals surface area contributed by atoms with Crippen LogP contribution in [0.3, 0.4) is 0 Å². The fourth-order valence-corrected chi connectivity index (χ4v) is 7.34. The molecular weight excluding hydrogens is 564 g/mol. The summed E-state index contributed by atoms with van der Waals surface area (Å²) in [5, 5.41) is 3.83. The summed E-state index contributed by atoms with van der Waals surface area (Å²) in [5.74, 6) is 1.21. The van der Waals surface area contributed by atoms with Crippen LogP contribution in [0.2, 0.25) is 0 Å². The van der Waals surface area contributed by atoms with Crippen molar-refractivity contribution in [2.45, 2.75) is 109 Å². The molecule has 4 rings (SSSR count). The van der Waals surface area contributed by atoms with Crippen LogP contribution in [0.1, 0.15) is 102 Å². The van der Waals surface area contributed by atoms with E-state index in [-0.39, 0.29) is 30.0 Å². The molecule has 10 heteroatoms. The molecule has 2 aliphatic rings. The maximum atomic E-state index is 14.6. The Hall–Kier alpha value is -3.01. The highest BCUT2D eigenvalue weighted by Crippen LogP contribution is 2.43. The van der Waals surface area contributed by atoms with Crippen LogP contribution in [0, 0.1) is 0 Å². The topological polar surface area (TPSA) is 101 Å². The van der Waals surface area contributed by atoms with Gasteiger partial charge in [-0.1, -0.05) is 31.0 Å². The van der Waals surface area contributed by atoms with E-state index in [0.717, 1.165) is 41.5 Å². The van der Waals surface area contributed by atoms with Gasteiger partial charge in [-0.15, -0.1) is 11.8 Å². The Balaban J connectivity index is 1.76. The SMILES string of the molecule is COc1c(C(=O)N(C(C)C)[C@@H]2CCCN(C(=O)OC(C)(C)C)C2)nc2c(C3CCCC3)cccc2c1SCCNC(C)=O. The Morgan fingerprint density at radius 2 is 1.86 bits per heavy atom. The fraction of sp³-hybridized carbons (Fsp3) is 0.636. The van der Waals surface area contributed by atoms with Gasteiger partial charge in [0.05, 0.1) is 23.6 Å². The van der Waals surface area contributed by atoms with Crippen molar-refractivity contribution in [1.82, 2.24) is 20.1 Å². The van der Waals surface area contributed by atoms with Crippen molar-refractivity contribution in [3.8, 4) is 5.75 Å². The number of likely N-dealkylation sites (tertiary alicyclic amines) is 1. The molecule has 2 aromatic rings. The van der Waals surface area contributed by atoms with Gasteiger partial charge in [-0.2, -0.15) is 0 Å². The fourth-order valence-electron chi connectivity index (χ4n) is 6.30.